The van der Waals surface area contributed by atoms with E-state index >= 15 is 0 Å². The second kappa shape index (κ2) is 7.60. The summed E-state index contributed by atoms with van der Waals surface area (Å²) in [5, 5.41) is 0. The summed E-state index contributed by atoms with van der Waals surface area (Å²) in [6, 6.07) is 8.79. The zero-order chi connectivity index (χ0) is 18.0. The lowest BCUT2D eigenvalue weighted by Gasteiger charge is -2.44. The molecule has 0 N–H and O–H groups in total. The minimum absolute atomic E-state index is 0.120. The fraction of sp³-hybridized carbons (Fsp3) is 0.600. The van der Waals surface area contributed by atoms with Crippen molar-refractivity contribution in [2.45, 2.75) is 45.8 Å². The molecule has 2 fully saturated rings. The molecule has 0 bridgehead atoms. The van der Waals surface area contributed by atoms with E-state index < -0.39 is 9.84 Å². The lowest BCUT2D eigenvalue weighted by atomic mass is 10.0. The van der Waals surface area contributed by atoms with Crippen LogP contribution >= 0.6 is 0 Å². The molecule has 0 aliphatic carbocycles. The zero-order valence-corrected chi connectivity index (χ0v) is 16.4. The number of hydrogen-bond acceptors (Lipinski definition) is 4. The topological polar surface area (TPSA) is 40.6 Å². The highest BCUT2D eigenvalue weighted by Crippen LogP contribution is 2.28. The first kappa shape index (κ1) is 18.6. The molecule has 3 rings (SSSR count). The van der Waals surface area contributed by atoms with Crippen LogP contribution in [0.25, 0.3) is 0 Å². The van der Waals surface area contributed by atoms with Gasteiger partial charge in [0.2, 0.25) is 0 Å². The molecule has 2 saturated heterocycles. The summed E-state index contributed by atoms with van der Waals surface area (Å²) in [5.41, 5.74) is 3.99. The van der Waals surface area contributed by atoms with Crippen molar-refractivity contribution in [3.05, 3.63) is 47.0 Å². The summed E-state index contributed by atoms with van der Waals surface area (Å²) >= 11 is 0. The van der Waals surface area contributed by atoms with Crippen molar-refractivity contribution < 1.29 is 8.42 Å². The molecule has 0 aromatic heterocycles. The van der Waals surface area contributed by atoms with Crippen LogP contribution in [0.3, 0.4) is 0 Å². The van der Waals surface area contributed by atoms with Gasteiger partial charge in [-0.2, -0.15) is 0 Å². The number of piperazine rings is 1. The van der Waals surface area contributed by atoms with Crippen molar-refractivity contribution in [2.24, 2.45) is 0 Å². The Morgan fingerprint density at radius 3 is 2.32 bits per heavy atom. The number of hydrogen-bond donors (Lipinski definition) is 0. The van der Waals surface area contributed by atoms with E-state index in [0.29, 0.717) is 11.5 Å². The molecule has 4 nitrogen and oxygen atoms in total. The normalized spacial score (nSPS) is 26.4. The molecule has 138 valence electrons. The number of benzene rings is 1. The fourth-order valence-electron chi connectivity index (χ4n) is 4.09. The smallest absolute Gasteiger partial charge is 0.153 e. The van der Waals surface area contributed by atoms with Gasteiger partial charge in [0.1, 0.15) is 0 Å². The van der Waals surface area contributed by atoms with Gasteiger partial charge < -0.3 is 0 Å². The average Bonchev–Trinajstić information content (AvgIpc) is 2.90. The van der Waals surface area contributed by atoms with Crippen LogP contribution in [0.5, 0.6) is 0 Å². The second-order valence-electron chi connectivity index (χ2n) is 7.58. The molecule has 2 atom stereocenters. The standard InChI is InChI=1S/C20H30N2O2S/c1-4-17-7-5-6-8-18(17)13-22-12-11-21(10-9-16(2)3)19-14-25(23,24)15-20(19)22/h5-9,19-20H,4,10-15H2,1-3H3/t19-,20+/m1/s1. The summed E-state index contributed by atoms with van der Waals surface area (Å²) < 4.78 is 24.7. The summed E-state index contributed by atoms with van der Waals surface area (Å²) in [7, 11) is -2.95. The van der Waals surface area contributed by atoms with Crippen LogP contribution in [0.2, 0.25) is 0 Å². The molecule has 2 aliphatic rings. The highest BCUT2D eigenvalue weighted by Gasteiger charge is 2.46. The van der Waals surface area contributed by atoms with E-state index in [0.717, 1.165) is 32.6 Å². The minimum Gasteiger partial charge on any atom is -0.293 e. The van der Waals surface area contributed by atoms with Crippen molar-refractivity contribution in [3.8, 4) is 0 Å². The van der Waals surface area contributed by atoms with Crippen molar-refractivity contribution in [1.29, 1.82) is 0 Å². The van der Waals surface area contributed by atoms with Crippen LogP contribution in [-0.2, 0) is 22.8 Å². The predicted molar refractivity (Wildman–Crippen MR) is 103 cm³/mol. The monoisotopic (exact) mass is 362 g/mol. The van der Waals surface area contributed by atoms with Crippen LogP contribution in [0, 0.1) is 0 Å². The van der Waals surface area contributed by atoms with Gasteiger partial charge in [-0.05, 0) is 31.4 Å². The number of allylic oxidation sites excluding steroid dienone is 1. The molecule has 0 amide bonds. The first-order valence-electron chi connectivity index (χ1n) is 9.28. The number of rotatable bonds is 5. The van der Waals surface area contributed by atoms with Gasteiger partial charge in [-0.25, -0.2) is 8.42 Å². The van der Waals surface area contributed by atoms with Gasteiger partial charge in [-0.1, -0.05) is 42.8 Å². The largest absolute Gasteiger partial charge is 0.293 e. The Morgan fingerprint density at radius 2 is 1.68 bits per heavy atom. The van der Waals surface area contributed by atoms with Crippen molar-refractivity contribution in [1.82, 2.24) is 9.80 Å². The van der Waals surface area contributed by atoms with Gasteiger partial charge >= 0.3 is 0 Å². The molecule has 0 radical (unpaired) electrons. The maximum absolute atomic E-state index is 12.3. The van der Waals surface area contributed by atoms with Gasteiger partial charge in [-0.15, -0.1) is 0 Å². The van der Waals surface area contributed by atoms with Gasteiger partial charge in [0.05, 0.1) is 11.5 Å². The van der Waals surface area contributed by atoms with Gasteiger partial charge in [0.25, 0.3) is 0 Å². The number of fused-ring (bicyclic) bond motifs is 1. The lowest BCUT2D eigenvalue weighted by Crippen LogP contribution is -2.58. The highest BCUT2D eigenvalue weighted by molar-refractivity contribution is 7.91. The third-order valence-electron chi connectivity index (χ3n) is 5.51. The van der Waals surface area contributed by atoms with E-state index in [9.17, 15) is 8.42 Å². The first-order chi connectivity index (χ1) is 11.9. The van der Waals surface area contributed by atoms with Crippen molar-refractivity contribution in [3.63, 3.8) is 0 Å². The molecular weight excluding hydrogens is 332 g/mol. The predicted octanol–water partition coefficient (Wildman–Crippen LogP) is 2.50. The highest BCUT2D eigenvalue weighted by atomic mass is 32.2. The fourth-order valence-corrected chi connectivity index (χ4v) is 6.14. The third kappa shape index (κ3) is 4.33. The third-order valence-corrected chi connectivity index (χ3v) is 7.21. The van der Waals surface area contributed by atoms with E-state index in [2.05, 4.69) is 60.9 Å². The maximum Gasteiger partial charge on any atom is 0.153 e. The second-order valence-corrected chi connectivity index (χ2v) is 9.73. The summed E-state index contributed by atoms with van der Waals surface area (Å²) in [6.07, 6.45) is 3.23. The quantitative estimate of drug-likeness (QED) is 0.755. The molecule has 0 saturated carbocycles. The molecule has 1 aromatic rings. The Labute approximate surface area is 152 Å². The van der Waals surface area contributed by atoms with E-state index in [4.69, 9.17) is 0 Å². The van der Waals surface area contributed by atoms with E-state index in [-0.39, 0.29) is 12.1 Å². The Hall–Kier alpha value is -1.17. The molecule has 0 unspecified atom stereocenters. The molecule has 25 heavy (non-hydrogen) atoms. The SMILES string of the molecule is CCc1ccccc1CN1CCN(CC=C(C)C)[C@@H]2CS(=O)(=O)C[C@@H]21. The summed E-state index contributed by atoms with van der Waals surface area (Å²) in [4.78, 5) is 4.77. The number of nitrogens with zero attached hydrogens (tertiary/aromatic N) is 2. The summed E-state index contributed by atoms with van der Waals surface area (Å²) in [6.45, 7) is 9.97. The zero-order valence-electron chi connectivity index (χ0n) is 15.6. The molecular formula is C20H30N2O2S. The number of sulfone groups is 1. The van der Waals surface area contributed by atoms with Crippen LogP contribution in [0.15, 0.2) is 35.9 Å². The Kier molecular flexibility index (Phi) is 5.66. The molecule has 0 spiro atoms. The molecule has 1 aromatic carbocycles. The maximum atomic E-state index is 12.3. The Bertz CT molecular complexity index is 738. The van der Waals surface area contributed by atoms with Crippen LogP contribution in [-0.4, -0.2) is 61.4 Å². The number of aryl methyl sites for hydroxylation is 1. The van der Waals surface area contributed by atoms with E-state index in [1.54, 1.807) is 0 Å². The van der Waals surface area contributed by atoms with E-state index in [1.165, 1.54) is 16.7 Å². The van der Waals surface area contributed by atoms with Gasteiger partial charge in [-0.3, -0.25) is 9.80 Å². The van der Waals surface area contributed by atoms with Gasteiger partial charge in [0, 0.05) is 38.3 Å². The summed E-state index contributed by atoms with van der Waals surface area (Å²) in [5.74, 6) is 0.609. The molecule has 2 aliphatic heterocycles. The van der Waals surface area contributed by atoms with Gasteiger partial charge in [0.15, 0.2) is 9.84 Å². The van der Waals surface area contributed by atoms with Crippen LogP contribution < -0.4 is 0 Å². The Morgan fingerprint density at radius 1 is 1.08 bits per heavy atom. The van der Waals surface area contributed by atoms with Crippen molar-refractivity contribution >= 4 is 9.84 Å². The van der Waals surface area contributed by atoms with E-state index in [1.807, 2.05) is 0 Å². The minimum atomic E-state index is -2.95. The molecule has 5 heteroatoms. The first-order valence-corrected chi connectivity index (χ1v) is 11.1. The van der Waals surface area contributed by atoms with Crippen LogP contribution in [0.1, 0.15) is 31.9 Å². The lowest BCUT2D eigenvalue weighted by molar-refractivity contribution is 0.0476. The van der Waals surface area contributed by atoms with Crippen LogP contribution in [0.4, 0.5) is 0 Å². The molecule has 2 heterocycles. The average molecular weight is 363 g/mol. The van der Waals surface area contributed by atoms with Crippen molar-refractivity contribution in [2.75, 3.05) is 31.1 Å². The Balaban J connectivity index is 1.80.